The monoisotopic (exact) mass is 436 g/mol. The highest BCUT2D eigenvalue weighted by atomic mass is 32.2. The van der Waals surface area contributed by atoms with Gasteiger partial charge in [-0.15, -0.1) is 0 Å². The van der Waals surface area contributed by atoms with Crippen molar-refractivity contribution < 1.29 is 19.7 Å². The molecule has 1 aliphatic heterocycles. The Hall–Kier alpha value is -1.25. The van der Waals surface area contributed by atoms with Crippen molar-refractivity contribution in [1.82, 2.24) is 0 Å². The predicted molar refractivity (Wildman–Crippen MR) is 118 cm³/mol. The maximum Gasteiger partial charge on any atom is 0.206 e. The average Bonchev–Trinajstić information content (AvgIpc) is 3.34. The maximum atomic E-state index is 12.7. The van der Waals surface area contributed by atoms with E-state index in [1.165, 1.54) is 0 Å². The summed E-state index contributed by atoms with van der Waals surface area (Å²) in [5.74, 6) is 1.17. The molecule has 4 nitrogen and oxygen atoms in total. The van der Waals surface area contributed by atoms with Gasteiger partial charge in [-0.25, -0.2) is 0 Å². The van der Waals surface area contributed by atoms with E-state index in [-0.39, 0.29) is 16.8 Å². The van der Waals surface area contributed by atoms with Gasteiger partial charge in [-0.2, -0.15) is 35.7 Å². The quantitative estimate of drug-likeness (QED) is 0.519. The third-order valence-electron chi connectivity index (χ3n) is 4.82. The minimum Gasteiger partial charge on any atom is -0.479 e. The molecule has 2 N–H and O–H groups in total. The lowest BCUT2D eigenvalue weighted by atomic mass is 9.92. The second-order valence-corrected chi connectivity index (χ2v) is 9.26. The lowest BCUT2D eigenvalue weighted by molar-refractivity contribution is -0.129. The van der Waals surface area contributed by atoms with E-state index in [9.17, 15) is 15.0 Å². The van der Waals surface area contributed by atoms with Crippen molar-refractivity contribution in [2.45, 2.75) is 36.4 Å². The molecular weight excluding hydrogens is 412 g/mol. The zero-order valence-corrected chi connectivity index (χ0v) is 18.1. The third-order valence-corrected chi connectivity index (χ3v) is 7.27. The van der Waals surface area contributed by atoms with Crippen LogP contribution >= 0.6 is 35.7 Å². The van der Waals surface area contributed by atoms with E-state index in [4.69, 9.17) is 4.74 Å². The minimum atomic E-state index is -0.998. The van der Waals surface area contributed by atoms with Gasteiger partial charge in [-0.1, -0.05) is 30.3 Å². The Labute approximate surface area is 179 Å². The summed E-state index contributed by atoms with van der Waals surface area (Å²) in [4.78, 5) is 12.7. The fourth-order valence-electron chi connectivity index (χ4n) is 3.05. The Morgan fingerprint density at radius 1 is 1.21 bits per heavy atom. The number of ether oxygens (including phenoxy) is 1. The highest BCUT2D eigenvalue weighted by Crippen LogP contribution is 2.42. The first-order valence-electron chi connectivity index (χ1n) is 9.04. The van der Waals surface area contributed by atoms with E-state index in [1.54, 1.807) is 36.1 Å². The second-order valence-electron chi connectivity index (χ2n) is 6.88. The maximum absolute atomic E-state index is 12.7. The van der Waals surface area contributed by atoms with Crippen LogP contribution in [-0.2, 0) is 15.1 Å². The van der Waals surface area contributed by atoms with Crippen molar-refractivity contribution in [1.29, 1.82) is 0 Å². The minimum absolute atomic E-state index is 0.0187. The van der Waals surface area contributed by atoms with Crippen molar-refractivity contribution >= 4 is 41.5 Å². The van der Waals surface area contributed by atoms with E-state index >= 15 is 0 Å². The largest absolute Gasteiger partial charge is 0.479 e. The molecule has 4 atom stereocenters. The van der Waals surface area contributed by atoms with Gasteiger partial charge in [0.2, 0.25) is 5.78 Å². The van der Waals surface area contributed by atoms with Crippen molar-refractivity contribution in [3.8, 4) is 0 Å². The van der Waals surface area contributed by atoms with Crippen LogP contribution in [0.3, 0.4) is 0 Å². The number of hydrogen-bond donors (Lipinski definition) is 3. The molecule has 0 bridgehead atoms. The summed E-state index contributed by atoms with van der Waals surface area (Å²) in [6, 6.07) is 11.5. The van der Waals surface area contributed by atoms with Gasteiger partial charge in [0.1, 0.15) is 5.76 Å². The number of aliphatic hydroxyl groups is 2. The number of rotatable bonds is 9. The third kappa shape index (κ3) is 4.83. The van der Waals surface area contributed by atoms with Crippen LogP contribution in [0.5, 0.6) is 0 Å². The summed E-state index contributed by atoms with van der Waals surface area (Å²) in [7, 11) is 0. The van der Waals surface area contributed by atoms with Gasteiger partial charge in [-0.3, -0.25) is 4.79 Å². The van der Waals surface area contributed by atoms with Crippen LogP contribution in [0.25, 0.3) is 0 Å². The van der Waals surface area contributed by atoms with Gasteiger partial charge >= 0.3 is 0 Å². The average molecular weight is 437 g/mol. The Morgan fingerprint density at radius 2 is 1.96 bits per heavy atom. The van der Waals surface area contributed by atoms with Gasteiger partial charge in [0.05, 0.1) is 12.2 Å². The number of benzene rings is 1. The van der Waals surface area contributed by atoms with Crippen LogP contribution in [-0.4, -0.2) is 39.7 Å². The molecule has 0 aliphatic carbocycles. The first kappa shape index (κ1) is 21.5. The topological polar surface area (TPSA) is 66.8 Å². The second kappa shape index (κ2) is 9.50. The van der Waals surface area contributed by atoms with E-state index in [0.29, 0.717) is 17.9 Å². The molecule has 0 saturated carbocycles. The number of thioether (sulfide) groups is 1. The van der Waals surface area contributed by atoms with E-state index < -0.39 is 17.8 Å². The summed E-state index contributed by atoms with van der Waals surface area (Å²) in [5.41, 5.74) is 0.952. The van der Waals surface area contributed by atoms with Crippen molar-refractivity contribution in [2.24, 2.45) is 0 Å². The fourth-order valence-corrected chi connectivity index (χ4v) is 5.36. The number of carbonyl (C=O) groups excluding carboxylic acids is 1. The van der Waals surface area contributed by atoms with Crippen LogP contribution in [0.15, 0.2) is 59.0 Å². The van der Waals surface area contributed by atoms with E-state index in [2.05, 4.69) is 18.0 Å². The van der Waals surface area contributed by atoms with E-state index in [1.807, 2.05) is 41.8 Å². The number of hydrogen-bond acceptors (Lipinski definition) is 7. The molecule has 2 aromatic rings. The molecule has 0 amide bonds. The molecule has 0 radical (unpaired) electrons. The van der Waals surface area contributed by atoms with Crippen molar-refractivity contribution in [3.63, 3.8) is 0 Å². The lowest BCUT2D eigenvalue weighted by Gasteiger charge is -2.26. The lowest BCUT2D eigenvalue weighted by Crippen LogP contribution is -2.30. The fraction of sp³-hybridized carbons (Fsp3) is 0.381. The Kier molecular flexibility index (Phi) is 7.28. The van der Waals surface area contributed by atoms with Crippen LogP contribution in [0.2, 0.25) is 0 Å². The molecule has 0 fully saturated rings. The van der Waals surface area contributed by atoms with Gasteiger partial charge in [0.25, 0.3) is 0 Å². The predicted octanol–water partition coefficient (Wildman–Crippen LogP) is 3.96. The Balaban J connectivity index is 1.71. The molecule has 1 aromatic carbocycles. The summed E-state index contributed by atoms with van der Waals surface area (Å²) in [6.07, 6.45) is 0.424. The normalized spacial score (nSPS) is 22.4. The molecule has 2 heterocycles. The molecular formula is C21H24O4S3. The molecule has 1 aromatic heterocycles. The summed E-state index contributed by atoms with van der Waals surface area (Å²) in [5, 5.41) is 23.9. The SMILES string of the molecule is CC1(c2ccccc2)OC(CC(SCC(O)C(O)CS)c2ccsc2)=CC1=O. The molecule has 150 valence electrons. The van der Waals surface area contributed by atoms with Crippen molar-refractivity contribution in [2.75, 3.05) is 11.5 Å². The zero-order chi connectivity index (χ0) is 20.1. The number of thiol groups is 1. The Bertz CT molecular complexity index is 806. The number of carbonyl (C=O) groups is 1. The number of aliphatic hydroxyl groups excluding tert-OH is 2. The molecule has 0 saturated heterocycles. The van der Waals surface area contributed by atoms with Gasteiger partial charge in [0, 0.05) is 34.8 Å². The molecule has 28 heavy (non-hydrogen) atoms. The number of allylic oxidation sites excluding steroid dienone is 1. The standard InChI is InChI=1S/C21H24O4S3/c1-21(15-5-3-2-4-6-15)20(24)10-16(25-21)9-19(14-7-8-27-12-14)28-13-18(23)17(22)11-26/h2-8,10,12,17-19,22-23,26H,9,11,13H2,1H3. The van der Waals surface area contributed by atoms with Crippen LogP contribution in [0.4, 0.5) is 0 Å². The summed E-state index contributed by atoms with van der Waals surface area (Å²) < 4.78 is 6.13. The highest BCUT2D eigenvalue weighted by molar-refractivity contribution is 7.99. The van der Waals surface area contributed by atoms with Crippen LogP contribution < -0.4 is 0 Å². The zero-order valence-electron chi connectivity index (χ0n) is 15.5. The van der Waals surface area contributed by atoms with Gasteiger partial charge in [-0.05, 0) is 29.3 Å². The molecule has 7 heteroatoms. The molecule has 4 unspecified atom stereocenters. The van der Waals surface area contributed by atoms with Crippen LogP contribution in [0.1, 0.15) is 29.7 Å². The summed E-state index contributed by atoms with van der Waals surface area (Å²) >= 11 is 7.18. The van der Waals surface area contributed by atoms with E-state index in [0.717, 1.165) is 11.1 Å². The molecule has 1 aliphatic rings. The molecule has 0 spiro atoms. The highest BCUT2D eigenvalue weighted by Gasteiger charge is 2.42. The van der Waals surface area contributed by atoms with Gasteiger partial charge in [0.15, 0.2) is 5.60 Å². The smallest absolute Gasteiger partial charge is 0.206 e. The first-order chi connectivity index (χ1) is 13.4. The Morgan fingerprint density at radius 3 is 2.61 bits per heavy atom. The summed E-state index contributed by atoms with van der Waals surface area (Å²) in [6.45, 7) is 1.80. The van der Waals surface area contributed by atoms with Crippen molar-refractivity contribution in [3.05, 3.63) is 70.1 Å². The number of ketones is 1. The number of thiophene rings is 1. The first-order valence-corrected chi connectivity index (χ1v) is 11.7. The van der Waals surface area contributed by atoms with Crippen LogP contribution in [0, 0.1) is 0 Å². The van der Waals surface area contributed by atoms with Gasteiger partial charge < -0.3 is 14.9 Å². The molecule has 3 rings (SSSR count).